The molecule has 1 saturated heterocycles. The molecule has 1 N–H and O–H groups in total. The maximum absolute atomic E-state index is 12.0. The first-order chi connectivity index (χ1) is 11.1. The summed E-state index contributed by atoms with van der Waals surface area (Å²) in [5, 5.41) is 6.89. The molecule has 0 aromatic carbocycles. The first kappa shape index (κ1) is 15.0. The number of hydrogen-bond acceptors (Lipinski definition) is 5. The Morgan fingerprint density at radius 1 is 1.30 bits per heavy atom. The molecule has 8 nitrogen and oxygen atoms in total. The highest BCUT2D eigenvalue weighted by Crippen LogP contribution is 2.17. The highest BCUT2D eigenvalue weighted by molar-refractivity contribution is 6.04. The number of aromatic nitrogens is 2. The lowest BCUT2D eigenvalue weighted by atomic mass is 10.2. The van der Waals surface area contributed by atoms with Crippen LogP contribution in [0.25, 0.3) is 0 Å². The van der Waals surface area contributed by atoms with E-state index in [9.17, 15) is 14.4 Å². The molecule has 0 bridgehead atoms. The Morgan fingerprint density at radius 3 is 2.70 bits per heavy atom. The third kappa shape index (κ3) is 3.31. The molecule has 3 amide bonds. The van der Waals surface area contributed by atoms with Crippen LogP contribution in [0.3, 0.4) is 0 Å². The van der Waals surface area contributed by atoms with E-state index in [-0.39, 0.29) is 43.8 Å². The molecule has 3 heterocycles. The second kappa shape index (κ2) is 6.47. The molecule has 0 saturated carbocycles. The summed E-state index contributed by atoms with van der Waals surface area (Å²) in [5.41, 5.74) is 0. The van der Waals surface area contributed by atoms with E-state index in [1.165, 1.54) is 0 Å². The minimum atomic E-state index is -0.391. The van der Waals surface area contributed by atoms with Crippen LogP contribution < -0.4 is 5.32 Å². The summed E-state index contributed by atoms with van der Waals surface area (Å²) in [6.45, 7) is -0.00804. The van der Waals surface area contributed by atoms with Crippen molar-refractivity contribution >= 4 is 17.7 Å². The predicted octanol–water partition coefficient (Wildman–Crippen LogP) is 0.331. The van der Waals surface area contributed by atoms with Gasteiger partial charge < -0.3 is 9.73 Å². The Morgan fingerprint density at radius 2 is 2.09 bits per heavy atom. The van der Waals surface area contributed by atoms with Gasteiger partial charge in [-0.25, -0.2) is 0 Å². The van der Waals surface area contributed by atoms with Gasteiger partial charge in [0.2, 0.25) is 17.7 Å². The molecule has 8 heteroatoms. The van der Waals surface area contributed by atoms with E-state index in [0.717, 1.165) is 4.90 Å². The lowest BCUT2D eigenvalue weighted by Gasteiger charge is -2.18. The van der Waals surface area contributed by atoms with Gasteiger partial charge in [0, 0.05) is 31.8 Å². The van der Waals surface area contributed by atoms with Crippen LogP contribution in [0.5, 0.6) is 0 Å². The van der Waals surface area contributed by atoms with Crippen LogP contribution in [0, 0.1) is 0 Å². The molecule has 1 fully saturated rings. The smallest absolute Gasteiger partial charge is 0.240 e. The van der Waals surface area contributed by atoms with Gasteiger partial charge in [0.25, 0.3) is 0 Å². The molecule has 2 aromatic heterocycles. The van der Waals surface area contributed by atoms with Crippen molar-refractivity contribution in [1.29, 1.82) is 0 Å². The SMILES string of the molecule is O=C(CN1C(=O)CCC1=O)NC[C@@H](c1ccco1)n1cccn1. The maximum atomic E-state index is 12.0. The molecular formula is C15H16N4O4. The molecule has 0 unspecified atom stereocenters. The van der Waals surface area contributed by atoms with E-state index in [4.69, 9.17) is 4.42 Å². The van der Waals surface area contributed by atoms with E-state index in [1.54, 1.807) is 41.5 Å². The molecule has 0 aliphatic carbocycles. The number of carbonyl (C=O) groups excluding carboxylic acids is 3. The summed E-state index contributed by atoms with van der Waals surface area (Å²) in [5.74, 6) is -0.348. The summed E-state index contributed by atoms with van der Waals surface area (Å²) in [6, 6.07) is 5.04. The van der Waals surface area contributed by atoms with Crippen molar-refractivity contribution in [3.05, 3.63) is 42.6 Å². The van der Waals surface area contributed by atoms with Gasteiger partial charge >= 0.3 is 0 Å². The fraction of sp³-hybridized carbons (Fsp3) is 0.333. The topological polar surface area (TPSA) is 97.4 Å². The zero-order chi connectivity index (χ0) is 16.2. The van der Waals surface area contributed by atoms with Crippen LogP contribution in [0.1, 0.15) is 24.6 Å². The fourth-order valence-corrected chi connectivity index (χ4v) is 2.48. The largest absolute Gasteiger partial charge is 0.467 e. The quantitative estimate of drug-likeness (QED) is 0.775. The van der Waals surface area contributed by atoms with Gasteiger partial charge in [0.15, 0.2) is 0 Å². The Labute approximate surface area is 132 Å². The Bertz CT molecular complexity index is 643. The van der Waals surface area contributed by atoms with E-state index in [0.29, 0.717) is 5.76 Å². The standard InChI is InChI=1S/C15H16N4O4/c20-13(10-18-14(21)4-5-15(18)22)16-9-11(12-3-1-8-23-12)19-7-2-6-17-19/h1-3,6-8,11H,4-5,9-10H2,(H,16,20)/t11-/m0/s1. The van der Waals surface area contributed by atoms with Crippen LogP contribution in [0.2, 0.25) is 0 Å². The van der Waals surface area contributed by atoms with Gasteiger partial charge in [-0.15, -0.1) is 0 Å². The summed E-state index contributed by atoms with van der Waals surface area (Å²) in [7, 11) is 0. The van der Waals surface area contributed by atoms with Crippen molar-refractivity contribution in [2.45, 2.75) is 18.9 Å². The lowest BCUT2D eigenvalue weighted by molar-refractivity contribution is -0.142. The Hall–Kier alpha value is -2.90. The second-order valence-corrected chi connectivity index (χ2v) is 5.19. The third-order valence-corrected chi connectivity index (χ3v) is 3.66. The van der Waals surface area contributed by atoms with Crippen LogP contribution in [0.4, 0.5) is 0 Å². The highest BCUT2D eigenvalue weighted by atomic mass is 16.3. The molecule has 2 aromatic rings. The molecule has 1 atom stereocenters. The second-order valence-electron chi connectivity index (χ2n) is 5.19. The molecule has 0 spiro atoms. The van der Waals surface area contributed by atoms with E-state index < -0.39 is 5.91 Å². The van der Waals surface area contributed by atoms with Crippen molar-refractivity contribution in [3.63, 3.8) is 0 Å². The first-order valence-corrected chi connectivity index (χ1v) is 7.27. The molecular weight excluding hydrogens is 300 g/mol. The minimum Gasteiger partial charge on any atom is -0.467 e. The number of hydrogen-bond donors (Lipinski definition) is 1. The average Bonchev–Trinajstić information content (AvgIpc) is 3.27. The molecule has 3 rings (SSSR count). The average molecular weight is 316 g/mol. The zero-order valence-corrected chi connectivity index (χ0v) is 12.3. The summed E-state index contributed by atoms with van der Waals surface area (Å²) >= 11 is 0. The molecule has 23 heavy (non-hydrogen) atoms. The van der Waals surface area contributed by atoms with E-state index in [2.05, 4.69) is 10.4 Å². The molecule has 120 valence electrons. The van der Waals surface area contributed by atoms with Gasteiger partial charge in [-0.2, -0.15) is 5.10 Å². The lowest BCUT2D eigenvalue weighted by Crippen LogP contribution is -2.41. The van der Waals surface area contributed by atoms with Crippen molar-refractivity contribution in [2.75, 3.05) is 13.1 Å². The number of nitrogens with zero attached hydrogens (tertiary/aromatic N) is 3. The molecule has 1 aliphatic rings. The number of amides is 3. The number of likely N-dealkylation sites (tertiary alicyclic amines) is 1. The van der Waals surface area contributed by atoms with Crippen LogP contribution in [0.15, 0.2) is 41.3 Å². The summed E-state index contributed by atoms with van der Waals surface area (Å²) in [6.07, 6.45) is 5.31. The van der Waals surface area contributed by atoms with Gasteiger partial charge in [0.1, 0.15) is 18.3 Å². The number of furan rings is 1. The number of rotatable bonds is 6. The maximum Gasteiger partial charge on any atom is 0.240 e. The summed E-state index contributed by atoms with van der Waals surface area (Å²) in [4.78, 5) is 36.1. The van der Waals surface area contributed by atoms with E-state index in [1.807, 2.05) is 0 Å². The number of imide groups is 1. The predicted molar refractivity (Wildman–Crippen MR) is 78.0 cm³/mol. The van der Waals surface area contributed by atoms with Crippen molar-refractivity contribution in [1.82, 2.24) is 20.0 Å². The van der Waals surface area contributed by atoms with Crippen molar-refractivity contribution in [2.24, 2.45) is 0 Å². The number of nitrogens with one attached hydrogen (secondary N) is 1. The van der Waals surface area contributed by atoms with Gasteiger partial charge in [-0.05, 0) is 18.2 Å². The molecule has 0 radical (unpaired) electrons. The van der Waals surface area contributed by atoms with Crippen LogP contribution in [-0.4, -0.2) is 45.5 Å². The normalized spacial score (nSPS) is 15.9. The Kier molecular flexibility index (Phi) is 4.22. The minimum absolute atomic E-state index is 0.175. The first-order valence-electron chi connectivity index (χ1n) is 7.27. The van der Waals surface area contributed by atoms with Crippen molar-refractivity contribution in [3.8, 4) is 0 Å². The monoisotopic (exact) mass is 316 g/mol. The van der Waals surface area contributed by atoms with Crippen LogP contribution >= 0.6 is 0 Å². The summed E-state index contributed by atoms with van der Waals surface area (Å²) < 4.78 is 7.06. The Balaban J connectivity index is 1.62. The van der Waals surface area contributed by atoms with Gasteiger partial charge in [0.05, 0.1) is 6.26 Å². The highest BCUT2D eigenvalue weighted by Gasteiger charge is 2.30. The third-order valence-electron chi connectivity index (χ3n) is 3.66. The zero-order valence-electron chi connectivity index (χ0n) is 12.3. The van der Waals surface area contributed by atoms with E-state index >= 15 is 0 Å². The van der Waals surface area contributed by atoms with Gasteiger partial charge in [-0.3, -0.25) is 24.0 Å². The number of carbonyl (C=O) groups is 3. The van der Waals surface area contributed by atoms with Gasteiger partial charge in [-0.1, -0.05) is 0 Å². The molecule has 1 aliphatic heterocycles. The fourth-order valence-electron chi connectivity index (χ4n) is 2.48. The van der Waals surface area contributed by atoms with Crippen LogP contribution in [-0.2, 0) is 14.4 Å². The van der Waals surface area contributed by atoms with Crippen molar-refractivity contribution < 1.29 is 18.8 Å².